The Bertz CT molecular complexity index is 1770. The number of unbranched alkanes of at least 4 members (excludes halogenated alkanes) is 4. The highest BCUT2D eigenvalue weighted by Crippen LogP contribution is 2.29. The maximum Gasteiger partial charge on any atom is 0.261 e. The topological polar surface area (TPSA) is 76.5 Å². The summed E-state index contributed by atoms with van der Waals surface area (Å²) in [5, 5.41) is 2.93. The van der Waals surface area contributed by atoms with Gasteiger partial charge in [0.2, 0.25) is 5.43 Å². The van der Waals surface area contributed by atoms with Gasteiger partial charge in [-0.05, 0) is 74.9 Å². The summed E-state index contributed by atoms with van der Waals surface area (Å²) in [6.45, 7) is 4.48. The van der Waals surface area contributed by atoms with Gasteiger partial charge in [0, 0.05) is 38.1 Å². The van der Waals surface area contributed by atoms with Crippen molar-refractivity contribution in [2.75, 3.05) is 57.6 Å². The first-order valence-corrected chi connectivity index (χ1v) is 16.7. The highest BCUT2D eigenvalue weighted by molar-refractivity contribution is 6.32. The molecule has 1 saturated heterocycles. The van der Waals surface area contributed by atoms with Gasteiger partial charge in [-0.25, -0.2) is 13.8 Å². The molecule has 0 aliphatic carbocycles. The number of halogens is 3. The van der Waals surface area contributed by atoms with E-state index in [1.54, 1.807) is 39.8 Å². The smallest absolute Gasteiger partial charge is 0.261 e. The number of nitrogens with one attached hydrogen (secondary N) is 1. The molecule has 47 heavy (non-hydrogen) atoms. The van der Waals surface area contributed by atoms with Crippen molar-refractivity contribution in [3.63, 3.8) is 0 Å². The van der Waals surface area contributed by atoms with Crippen LogP contribution in [0, 0.1) is 11.6 Å². The second-order valence-corrected chi connectivity index (χ2v) is 13.3. The predicted molar refractivity (Wildman–Crippen MR) is 184 cm³/mol. The van der Waals surface area contributed by atoms with Gasteiger partial charge < -0.3 is 19.4 Å². The number of hydrogen-bond donors (Lipinski definition) is 1. The van der Waals surface area contributed by atoms with Crippen LogP contribution in [0.5, 0.6) is 5.75 Å². The Labute approximate surface area is 279 Å². The number of piperidine rings is 1. The second kappa shape index (κ2) is 15.3. The molecular weight excluding hydrogens is 624 g/mol. The first kappa shape index (κ1) is 34.3. The van der Waals surface area contributed by atoms with Crippen LogP contribution in [-0.2, 0) is 0 Å². The average Bonchev–Trinajstić information content (AvgIpc) is 3.02. The van der Waals surface area contributed by atoms with Crippen molar-refractivity contribution in [2.45, 2.75) is 51.4 Å². The lowest BCUT2D eigenvalue weighted by atomic mass is 10.1. The number of nitrogens with zero attached hydrogens (tertiary/aromatic N) is 4. The van der Waals surface area contributed by atoms with Gasteiger partial charge in [0.15, 0.2) is 5.65 Å². The summed E-state index contributed by atoms with van der Waals surface area (Å²) >= 11 is 6.77. The first-order valence-electron chi connectivity index (χ1n) is 16.3. The minimum atomic E-state index is -0.857. The fourth-order valence-corrected chi connectivity index (χ4v) is 6.46. The molecule has 0 radical (unpaired) electrons. The van der Waals surface area contributed by atoms with E-state index in [1.165, 1.54) is 68.8 Å². The highest BCUT2D eigenvalue weighted by Gasteiger charge is 2.24. The average molecular weight is 667 g/mol. The van der Waals surface area contributed by atoms with Gasteiger partial charge in [-0.2, -0.15) is 0 Å². The molecule has 1 aliphatic rings. The number of likely N-dealkylation sites (tertiary alicyclic amines) is 1. The summed E-state index contributed by atoms with van der Waals surface area (Å²) in [5.74, 6) is -1.34. The first-order chi connectivity index (χ1) is 22.5. The summed E-state index contributed by atoms with van der Waals surface area (Å²) in [7, 11) is 6.05. The number of carbonyl (C=O) groups is 1. The molecule has 0 bridgehead atoms. The molecule has 250 valence electrons. The van der Waals surface area contributed by atoms with E-state index in [0.29, 0.717) is 40.6 Å². The van der Waals surface area contributed by atoms with Gasteiger partial charge >= 0.3 is 0 Å². The van der Waals surface area contributed by atoms with E-state index in [1.807, 2.05) is 14.1 Å². The van der Waals surface area contributed by atoms with Crippen LogP contribution in [0.3, 0.4) is 0 Å². The van der Waals surface area contributed by atoms with Gasteiger partial charge in [0.05, 0.1) is 49.4 Å². The number of anilines is 2. The second-order valence-electron chi connectivity index (χ2n) is 12.9. The van der Waals surface area contributed by atoms with Gasteiger partial charge in [0.25, 0.3) is 5.91 Å². The SMILES string of the molecule is CN(C)c1ccc2c(=O)c(C(=O)Nc3cc(F)cc(F)c3)cn(-c3ccc(OCCCCCCC[N+]4(C)CCCCC4)cc3Cl)c2n1. The summed E-state index contributed by atoms with van der Waals surface area (Å²) in [6, 6.07) is 11.1. The molecular formula is C36H43ClF2N5O3+. The van der Waals surface area contributed by atoms with E-state index < -0.39 is 23.0 Å². The standard InChI is InChI=1S/C36H42ClF2N5O3/c1-42(2)33-15-13-29-34(45)30(36(46)40-27-21-25(38)20-26(39)22-27)24-43(35(29)41-33)32-14-12-28(23-31(32)37)47-19-11-6-4-5-8-16-44(3)17-9-7-10-18-44/h12-15,20-24H,4-11,16-19H2,1-3H3/p+1. The van der Waals surface area contributed by atoms with Crippen LogP contribution in [0.2, 0.25) is 5.02 Å². The molecule has 5 rings (SSSR count). The third kappa shape index (κ3) is 8.67. The van der Waals surface area contributed by atoms with Gasteiger partial charge in [-0.3, -0.25) is 14.2 Å². The summed E-state index contributed by atoms with van der Waals surface area (Å²) in [6.07, 6.45) is 11.2. The lowest BCUT2D eigenvalue weighted by molar-refractivity contribution is -0.914. The van der Waals surface area contributed by atoms with Crippen LogP contribution in [0.15, 0.2) is 59.5 Å². The maximum absolute atomic E-state index is 13.8. The summed E-state index contributed by atoms with van der Waals surface area (Å²) < 4.78 is 36.3. The zero-order valence-electron chi connectivity index (χ0n) is 27.3. The quantitative estimate of drug-likeness (QED) is 0.118. The number of fused-ring (bicyclic) bond motifs is 1. The maximum atomic E-state index is 13.8. The van der Waals surface area contributed by atoms with E-state index in [4.69, 9.17) is 16.3 Å². The molecule has 11 heteroatoms. The molecule has 1 amide bonds. The Morgan fingerprint density at radius 2 is 1.68 bits per heavy atom. The normalized spacial score (nSPS) is 14.3. The Hall–Kier alpha value is -4.02. The lowest BCUT2D eigenvalue weighted by Crippen LogP contribution is -2.48. The molecule has 0 unspecified atom stereocenters. The number of carbonyl (C=O) groups excluding carboxylic acids is 1. The number of rotatable bonds is 13. The van der Waals surface area contributed by atoms with E-state index in [0.717, 1.165) is 25.0 Å². The molecule has 3 heterocycles. The molecule has 1 aliphatic heterocycles. The Morgan fingerprint density at radius 3 is 2.38 bits per heavy atom. The Balaban J connectivity index is 1.29. The van der Waals surface area contributed by atoms with Crippen LogP contribution in [0.25, 0.3) is 16.7 Å². The minimum absolute atomic E-state index is 0.118. The molecule has 2 aromatic heterocycles. The van der Waals surface area contributed by atoms with Gasteiger partial charge in [-0.15, -0.1) is 0 Å². The van der Waals surface area contributed by atoms with Crippen molar-refractivity contribution in [3.05, 3.63) is 87.2 Å². The molecule has 1 N–H and O–H groups in total. The third-order valence-corrected chi connectivity index (χ3v) is 9.15. The van der Waals surface area contributed by atoms with E-state index >= 15 is 0 Å². The summed E-state index contributed by atoms with van der Waals surface area (Å²) in [5.41, 5.74) is -0.177. The molecule has 2 aromatic carbocycles. The number of ether oxygens (including phenoxy) is 1. The van der Waals surface area contributed by atoms with Crippen molar-refractivity contribution in [2.24, 2.45) is 0 Å². The number of benzene rings is 2. The molecule has 0 saturated carbocycles. The van der Waals surface area contributed by atoms with Crippen LogP contribution in [0.4, 0.5) is 20.3 Å². The van der Waals surface area contributed by atoms with Crippen LogP contribution >= 0.6 is 11.6 Å². The number of quaternary nitrogens is 1. The number of aromatic nitrogens is 2. The van der Waals surface area contributed by atoms with E-state index in [2.05, 4.69) is 17.3 Å². The van der Waals surface area contributed by atoms with E-state index in [9.17, 15) is 18.4 Å². The van der Waals surface area contributed by atoms with Crippen molar-refractivity contribution in [3.8, 4) is 11.4 Å². The Kier molecular flexibility index (Phi) is 11.1. The lowest BCUT2D eigenvalue weighted by Gasteiger charge is -2.37. The van der Waals surface area contributed by atoms with Crippen molar-refractivity contribution < 1.29 is 22.8 Å². The molecule has 0 spiro atoms. The zero-order chi connectivity index (χ0) is 33.6. The number of amides is 1. The highest BCUT2D eigenvalue weighted by atomic mass is 35.5. The van der Waals surface area contributed by atoms with E-state index in [-0.39, 0.29) is 16.6 Å². The molecule has 1 fully saturated rings. The molecule has 8 nitrogen and oxygen atoms in total. The fraction of sp³-hybridized carbons (Fsp3) is 0.417. The van der Waals surface area contributed by atoms with Gasteiger partial charge in [-0.1, -0.05) is 24.4 Å². The molecule has 4 aromatic rings. The number of pyridine rings is 2. The van der Waals surface area contributed by atoms with Crippen molar-refractivity contribution >= 4 is 40.0 Å². The monoisotopic (exact) mass is 666 g/mol. The van der Waals surface area contributed by atoms with Crippen molar-refractivity contribution in [1.29, 1.82) is 0 Å². The van der Waals surface area contributed by atoms with Crippen molar-refractivity contribution in [1.82, 2.24) is 9.55 Å². The van der Waals surface area contributed by atoms with Crippen LogP contribution in [0.1, 0.15) is 61.7 Å². The van der Waals surface area contributed by atoms with Crippen LogP contribution in [-0.4, -0.2) is 67.3 Å². The third-order valence-electron chi connectivity index (χ3n) is 8.84. The van der Waals surface area contributed by atoms with Gasteiger partial charge in [0.1, 0.15) is 28.8 Å². The largest absolute Gasteiger partial charge is 0.494 e. The summed E-state index contributed by atoms with van der Waals surface area (Å²) in [4.78, 5) is 33.2. The minimum Gasteiger partial charge on any atom is -0.494 e. The fourth-order valence-electron chi connectivity index (χ4n) is 6.20. The predicted octanol–water partition coefficient (Wildman–Crippen LogP) is 7.60. The molecule has 0 atom stereocenters. The van der Waals surface area contributed by atoms with Crippen LogP contribution < -0.4 is 20.4 Å². The zero-order valence-corrected chi connectivity index (χ0v) is 28.1. The number of hydrogen-bond acceptors (Lipinski definition) is 5. The Morgan fingerprint density at radius 1 is 0.979 bits per heavy atom.